The largest absolute Gasteiger partial charge is 0.347 e. The minimum absolute atomic E-state index is 0.0216. The number of likely N-dealkylation sites (tertiary alicyclic amines) is 1. The maximum Gasteiger partial charge on any atom is 0.255 e. The highest BCUT2D eigenvalue weighted by Gasteiger charge is 2.27. The maximum atomic E-state index is 13.3. The van der Waals surface area contributed by atoms with Crippen LogP contribution in [0.25, 0.3) is 10.9 Å². The van der Waals surface area contributed by atoms with Crippen molar-refractivity contribution >= 4 is 40.0 Å². The highest BCUT2D eigenvalue weighted by Crippen LogP contribution is 2.34. The Morgan fingerprint density at radius 2 is 1.88 bits per heavy atom. The molecular weight excluding hydrogens is 453 g/mol. The van der Waals surface area contributed by atoms with Gasteiger partial charge in [-0.25, -0.2) is 0 Å². The molecule has 0 saturated carbocycles. The first kappa shape index (κ1) is 23.7. The SMILES string of the molecule is Cc1cc(C#N)cc2c1cc(Cc1c(Cl)ccc(C(=O)N3CCC(C(C)C)CC3)c1Cl)n2C. The molecule has 4 rings (SSSR count). The molecule has 0 N–H and O–H groups in total. The molecular formula is C27H29Cl2N3O. The van der Waals surface area contributed by atoms with E-state index in [4.69, 9.17) is 23.2 Å². The number of hydrogen-bond donors (Lipinski definition) is 0. The molecule has 0 radical (unpaired) electrons. The Balaban J connectivity index is 1.65. The van der Waals surface area contributed by atoms with E-state index in [1.54, 1.807) is 12.1 Å². The zero-order valence-corrected chi connectivity index (χ0v) is 21.1. The molecule has 172 valence electrons. The van der Waals surface area contributed by atoms with Gasteiger partial charge in [0.05, 0.1) is 22.2 Å². The van der Waals surface area contributed by atoms with E-state index < -0.39 is 0 Å². The van der Waals surface area contributed by atoms with Crippen LogP contribution in [0, 0.1) is 30.1 Å². The third kappa shape index (κ3) is 4.50. The van der Waals surface area contributed by atoms with Crippen LogP contribution in [0.3, 0.4) is 0 Å². The fourth-order valence-corrected chi connectivity index (χ4v) is 5.53. The van der Waals surface area contributed by atoms with Crippen molar-refractivity contribution in [2.24, 2.45) is 18.9 Å². The molecule has 1 aliphatic heterocycles. The summed E-state index contributed by atoms with van der Waals surface area (Å²) in [7, 11) is 1.98. The third-order valence-corrected chi connectivity index (χ3v) is 7.93. The van der Waals surface area contributed by atoms with Crippen molar-refractivity contribution in [3.8, 4) is 6.07 Å². The molecule has 1 amide bonds. The number of fused-ring (bicyclic) bond motifs is 1. The summed E-state index contributed by atoms with van der Waals surface area (Å²) in [5, 5.41) is 11.4. The van der Waals surface area contributed by atoms with E-state index in [9.17, 15) is 10.1 Å². The van der Waals surface area contributed by atoms with Crippen molar-refractivity contribution in [2.75, 3.05) is 13.1 Å². The van der Waals surface area contributed by atoms with Gasteiger partial charge in [0, 0.05) is 48.2 Å². The quantitative estimate of drug-likeness (QED) is 0.412. The smallest absolute Gasteiger partial charge is 0.255 e. The minimum atomic E-state index is -0.0216. The van der Waals surface area contributed by atoms with E-state index >= 15 is 0 Å². The molecule has 6 heteroatoms. The molecule has 1 aliphatic rings. The number of nitrogens with zero attached hydrogens (tertiary/aromatic N) is 3. The second kappa shape index (κ2) is 9.41. The fraction of sp³-hybridized carbons (Fsp3) is 0.407. The number of hydrogen-bond acceptors (Lipinski definition) is 2. The number of rotatable bonds is 4. The van der Waals surface area contributed by atoms with Gasteiger partial charge in [0.1, 0.15) is 0 Å². The molecule has 33 heavy (non-hydrogen) atoms. The van der Waals surface area contributed by atoms with E-state index in [1.807, 2.05) is 31.0 Å². The normalized spacial score (nSPS) is 14.8. The highest BCUT2D eigenvalue weighted by atomic mass is 35.5. The first-order valence-corrected chi connectivity index (χ1v) is 12.2. The van der Waals surface area contributed by atoms with Gasteiger partial charge in [0.25, 0.3) is 5.91 Å². The van der Waals surface area contributed by atoms with Gasteiger partial charge in [-0.2, -0.15) is 5.26 Å². The predicted molar refractivity (Wildman–Crippen MR) is 135 cm³/mol. The Hall–Kier alpha value is -2.48. The number of nitriles is 1. The standard InChI is InChI=1S/C27H29Cl2N3O/c1-16(2)19-7-9-32(10-8-19)27(33)21-5-6-24(28)23(26(21)29)14-20-13-22-17(3)11-18(15-30)12-25(22)31(20)4/h5-6,11-13,16,19H,7-10,14H2,1-4H3. The average Bonchev–Trinajstić information content (AvgIpc) is 3.12. The monoisotopic (exact) mass is 481 g/mol. The number of carbonyl (C=O) groups is 1. The molecule has 0 spiro atoms. The summed E-state index contributed by atoms with van der Waals surface area (Å²) in [6, 6.07) is 11.7. The summed E-state index contributed by atoms with van der Waals surface area (Å²) >= 11 is 13.4. The number of benzene rings is 2. The van der Waals surface area contributed by atoms with Crippen molar-refractivity contribution < 1.29 is 4.79 Å². The first-order valence-electron chi connectivity index (χ1n) is 11.5. The van der Waals surface area contributed by atoms with Crippen molar-refractivity contribution in [3.63, 3.8) is 0 Å². The first-order chi connectivity index (χ1) is 15.7. The number of aryl methyl sites for hydroxylation is 2. The lowest BCUT2D eigenvalue weighted by Gasteiger charge is -2.34. The predicted octanol–water partition coefficient (Wildman–Crippen LogP) is 6.76. The molecule has 0 aliphatic carbocycles. The van der Waals surface area contributed by atoms with Gasteiger partial charge in [0.15, 0.2) is 0 Å². The minimum Gasteiger partial charge on any atom is -0.347 e. The summed E-state index contributed by atoms with van der Waals surface area (Å²) in [4.78, 5) is 15.2. The highest BCUT2D eigenvalue weighted by molar-refractivity contribution is 6.38. The van der Waals surface area contributed by atoms with Crippen LogP contribution in [0.4, 0.5) is 0 Å². The van der Waals surface area contributed by atoms with E-state index in [0.717, 1.165) is 53.7 Å². The van der Waals surface area contributed by atoms with Crippen molar-refractivity contribution in [1.29, 1.82) is 5.26 Å². The topological polar surface area (TPSA) is 49.0 Å². The van der Waals surface area contributed by atoms with Crippen LogP contribution in [-0.4, -0.2) is 28.5 Å². The van der Waals surface area contributed by atoms with Crippen LogP contribution in [0.15, 0.2) is 30.3 Å². The van der Waals surface area contributed by atoms with Crippen LogP contribution in [0.5, 0.6) is 0 Å². The van der Waals surface area contributed by atoms with Crippen LogP contribution >= 0.6 is 23.2 Å². The lowest BCUT2D eigenvalue weighted by molar-refractivity contribution is 0.0668. The molecule has 1 aromatic heterocycles. The molecule has 0 bridgehead atoms. The number of amides is 1. The molecule has 4 nitrogen and oxygen atoms in total. The molecule has 0 atom stereocenters. The number of aromatic nitrogens is 1. The van der Waals surface area contributed by atoms with E-state index in [1.165, 1.54) is 0 Å². The number of halogens is 2. The summed E-state index contributed by atoms with van der Waals surface area (Å²) in [6.07, 6.45) is 2.56. The van der Waals surface area contributed by atoms with Crippen molar-refractivity contribution in [3.05, 3.63) is 68.3 Å². The third-order valence-electron chi connectivity index (χ3n) is 7.14. The number of piperidine rings is 1. The lowest BCUT2D eigenvalue weighted by atomic mass is 9.86. The van der Waals surface area contributed by atoms with Gasteiger partial charge in [-0.15, -0.1) is 0 Å². The fourth-order valence-electron chi connectivity index (χ4n) is 4.94. The van der Waals surface area contributed by atoms with Crippen LogP contribution in [0.2, 0.25) is 10.0 Å². The average molecular weight is 482 g/mol. The zero-order chi connectivity index (χ0) is 23.9. The van der Waals surface area contributed by atoms with Gasteiger partial charge in [-0.1, -0.05) is 37.0 Å². The summed E-state index contributed by atoms with van der Waals surface area (Å²) < 4.78 is 2.07. The van der Waals surface area contributed by atoms with Crippen LogP contribution in [-0.2, 0) is 13.5 Å². The van der Waals surface area contributed by atoms with Gasteiger partial charge in [0.2, 0.25) is 0 Å². The van der Waals surface area contributed by atoms with E-state index in [2.05, 4.69) is 30.6 Å². The number of carbonyl (C=O) groups excluding carboxylic acids is 1. The van der Waals surface area contributed by atoms with Gasteiger partial charge in [-0.05, 0) is 73.1 Å². The van der Waals surface area contributed by atoms with Crippen molar-refractivity contribution in [1.82, 2.24) is 9.47 Å². The second-order valence-electron chi connectivity index (χ2n) is 9.47. The van der Waals surface area contributed by atoms with Gasteiger partial charge < -0.3 is 9.47 Å². The van der Waals surface area contributed by atoms with E-state index in [-0.39, 0.29) is 5.91 Å². The Kier molecular flexibility index (Phi) is 6.75. The van der Waals surface area contributed by atoms with Crippen LogP contribution < -0.4 is 0 Å². The Morgan fingerprint density at radius 3 is 2.52 bits per heavy atom. The van der Waals surface area contributed by atoms with Gasteiger partial charge >= 0.3 is 0 Å². The maximum absolute atomic E-state index is 13.3. The van der Waals surface area contributed by atoms with Gasteiger partial charge in [-0.3, -0.25) is 4.79 Å². The Bertz CT molecular complexity index is 1260. The molecule has 2 aromatic carbocycles. The Morgan fingerprint density at radius 1 is 1.18 bits per heavy atom. The van der Waals surface area contributed by atoms with Crippen molar-refractivity contribution in [2.45, 2.75) is 40.0 Å². The second-order valence-corrected chi connectivity index (χ2v) is 10.3. The zero-order valence-electron chi connectivity index (χ0n) is 19.6. The summed E-state index contributed by atoms with van der Waals surface area (Å²) in [5.41, 5.74) is 4.98. The summed E-state index contributed by atoms with van der Waals surface area (Å²) in [6.45, 7) is 8.04. The lowest BCUT2D eigenvalue weighted by Crippen LogP contribution is -2.39. The molecule has 2 heterocycles. The molecule has 1 fully saturated rings. The van der Waals surface area contributed by atoms with Crippen LogP contribution in [0.1, 0.15) is 59.4 Å². The summed E-state index contributed by atoms with van der Waals surface area (Å²) in [5.74, 6) is 1.29. The Labute approximate surface area is 205 Å². The molecule has 3 aromatic rings. The molecule has 0 unspecified atom stereocenters. The van der Waals surface area contributed by atoms with E-state index in [0.29, 0.717) is 39.4 Å². The molecule has 1 saturated heterocycles.